The zero-order valence-electron chi connectivity index (χ0n) is 13.9. The van der Waals surface area contributed by atoms with Crippen LogP contribution in [0.5, 0.6) is 5.75 Å². The van der Waals surface area contributed by atoms with E-state index in [1.807, 2.05) is 0 Å². The van der Waals surface area contributed by atoms with Gasteiger partial charge in [0.15, 0.2) is 0 Å². The van der Waals surface area contributed by atoms with Gasteiger partial charge >= 0.3 is 5.97 Å². The van der Waals surface area contributed by atoms with Crippen molar-refractivity contribution in [3.63, 3.8) is 0 Å². The highest BCUT2D eigenvalue weighted by Crippen LogP contribution is 2.33. The zero-order chi connectivity index (χ0) is 18.0. The van der Waals surface area contributed by atoms with Gasteiger partial charge in [-0.2, -0.15) is 0 Å². The van der Waals surface area contributed by atoms with Gasteiger partial charge in [0.25, 0.3) is 5.91 Å². The third kappa shape index (κ3) is 3.19. The second-order valence-electron chi connectivity index (χ2n) is 5.57. The molecule has 0 saturated carbocycles. The number of carbonyl (C=O) groups excluding carboxylic acids is 2. The average molecular weight is 339 g/mol. The fourth-order valence-corrected chi connectivity index (χ4v) is 2.71. The molecule has 3 rings (SSSR count). The topological polar surface area (TPSA) is 80.0 Å². The van der Waals surface area contributed by atoms with Crippen LogP contribution in [0.25, 0.3) is 6.08 Å². The Balaban J connectivity index is 2.02. The minimum absolute atomic E-state index is 0.124. The number of ether oxygens (including phenoxy) is 1. The molecule has 0 spiro atoms. The largest absolute Gasteiger partial charge is 0.508 e. The van der Waals surface area contributed by atoms with Gasteiger partial charge in [-0.15, -0.1) is 0 Å². The van der Waals surface area contributed by atoms with Crippen molar-refractivity contribution in [1.29, 1.82) is 0 Å². The van der Waals surface area contributed by atoms with E-state index in [1.54, 1.807) is 37.3 Å². The van der Waals surface area contributed by atoms with Crippen LogP contribution in [0, 0.1) is 0 Å². The average Bonchev–Trinajstić information content (AvgIpc) is 3.19. The van der Waals surface area contributed by atoms with Gasteiger partial charge < -0.3 is 19.2 Å². The first-order chi connectivity index (χ1) is 12.0. The van der Waals surface area contributed by atoms with Crippen molar-refractivity contribution >= 4 is 18.0 Å². The highest BCUT2D eigenvalue weighted by atomic mass is 16.5. The fraction of sp³-hybridized carbons (Fsp3) is 0.158. The van der Waals surface area contributed by atoms with Gasteiger partial charge in [-0.1, -0.05) is 12.1 Å². The number of amides is 1. The van der Waals surface area contributed by atoms with E-state index in [0.717, 1.165) is 0 Å². The van der Waals surface area contributed by atoms with Crippen LogP contribution in [0.3, 0.4) is 0 Å². The fourth-order valence-electron chi connectivity index (χ4n) is 2.71. The number of methoxy groups -OCH3 is 1. The molecule has 0 fully saturated rings. The van der Waals surface area contributed by atoms with Crippen molar-refractivity contribution in [3.05, 3.63) is 70.8 Å². The van der Waals surface area contributed by atoms with Crippen molar-refractivity contribution in [1.82, 2.24) is 4.90 Å². The molecule has 0 saturated heterocycles. The molecule has 6 nitrogen and oxygen atoms in total. The standard InChI is InChI=1S/C19H17NO5/c1-12-17(19(23)24-2)16(10-13-5-7-14(21)8-6-13)18(22)20(12)11-15-4-3-9-25-15/h3-10,21H,11H2,1-2H3. The molecule has 1 aliphatic rings. The summed E-state index contributed by atoms with van der Waals surface area (Å²) in [6, 6.07) is 9.86. The summed E-state index contributed by atoms with van der Waals surface area (Å²) < 4.78 is 10.1. The number of allylic oxidation sites excluding steroid dienone is 1. The smallest absolute Gasteiger partial charge is 0.340 e. The number of benzene rings is 1. The minimum atomic E-state index is -0.571. The Morgan fingerprint density at radius 3 is 2.60 bits per heavy atom. The first-order valence-electron chi connectivity index (χ1n) is 7.66. The second kappa shape index (κ2) is 6.68. The Bertz CT molecular complexity index is 860. The van der Waals surface area contributed by atoms with Gasteiger partial charge in [-0.3, -0.25) is 4.79 Å². The highest BCUT2D eigenvalue weighted by Gasteiger charge is 2.37. The van der Waals surface area contributed by atoms with Crippen molar-refractivity contribution in [2.45, 2.75) is 13.5 Å². The number of carbonyl (C=O) groups is 2. The molecule has 1 amide bonds. The molecule has 128 valence electrons. The zero-order valence-corrected chi connectivity index (χ0v) is 13.9. The van der Waals surface area contributed by atoms with Crippen LogP contribution in [-0.2, 0) is 20.9 Å². The molecule has 1 aromatic carbocycles. The van der Waals surface area contributed by atoms with Crippen LogP contribution in [0.1, 0.15) is 18.2 Å². The molecular weight excluding hydrogens is 322 g/mol. The molecule has 2 heterocycles. The van der Waals surface area contributed by atoms with Crippen molar-refractivity contribution < 1.29 is 23.8 Å². The predicted octanol–water partition coefficient (Wildman–Crippen LogP) is 2.86. The Labute approximate surface area is 144 Å². The number of furan rings is 1. The third-order valence-electron chi connectivity index (χ3n) is 4.00. The first-order valence-corrected chi connectivity index (χ1v) is 7.66. The molecule has 2 aromatic rings. The van der Waals surface area contributed by atoms with Crippen LogP contribution in [0.15, 0.2) is 63.9 Å². The van der Waals surface area contributed by atoms with Crippen molar-refractivity contribution in [3.8, 4) is 5.75 Å². The van der Waals surface area contributed by atoms with E-state index in [9.17, 15) is 14.7 Å². The predicted molar refractivity (Wildman–Crippen MR) is 90.1 cm³/mol. The molecule has 0 bridgehead atoms. The van der Waals surface area contributed by atoms with Crippen LogP contribution in [0.2, 0.25) is 0 Å². The third-order valence-corrected chi connectivity index (χ3v) is 4.00. The Morgan fingerprint density at radius 1 is 1.28 bits per heavy atom. The van der Waals surface area contributed by atoms with Gasteiger partial charge in [-0.05, 0) is 42.8 Å². The number of hydrogen-bond donors (Lipinski definition) is 1. The van der Waals surface area contributed by atoms with E-state index in [0.29, 0.717) is 17.0 Å². The van der Waals surface area contributed by atoms with Crippen molar-refractivity contribution in [2.24, 2.45) is 0 Å². The van der Waals surface area contributed by atoms with Crippen LogP contribution in [0.4, 0.5) is 0 Å². The Hall–Kier alpha value is -3.28. The van der Waals surface area contributed by atoms with E-state index in [2.05, 4.69) is 0 Å². The molecule has 25 heavy (non-hydrogen) atoms. The highest BCUT2D eigenvalue weighted by molar-refractivity contribution is 6.16. The van der Waals surface area contributed by atoms with Gasteiger partial charge in [0.1, 0.15) is 11.5 Å². The van der Waals surface area contributed by atoms with E-state index in [1.165, 1.54) is 30.4 Å². The maximum absolute atomic E-state index is 12.9. The monoisotopic (exact) mass is 339 g/mol. The summed E-state index contributed by atoms with van der Waals surface area (Å²) in [5.74, 6) is -0.137. The summed E-state index contributed by atoms with van der Waals surface area (Å²) in [5.41, 5.74) is 1.68. The molecule has 1 N–H and O–H groups in total. The van der Waals surface area contributed by atoms with Crippen LogP contribution >= 0.6 is 0 Å². The molecule has 6 heteroatoms. The summed E-state index contributed by atoms with van der Waals surface area (Å²) >= 11 is 0. The van der Waals surface area contributed by atoms with Gasteiger partial charge in [0, 0.05) is 5.70 Å². The number of phenolic OH excluding ortho intramolecular Hbond substituents is 1. The van der Waals surface area contributed by atoms with E-state index in [-0.39, 0.29) is 29.3 Å². The molecule has 0 unspecified atom stereocenters. The van der Waals surface area contributed by atoms with Crippen molar-refractivity contribution in [2.75, 3.05) is 7.11 Å². The summed E-state index contributed by atoms with van der Waals surface area (Å²) in [7, 11) is 1.28. The minimum Gasteiger partial charge on any atom is -0.508 e. The SMILES string of the molecule is COC(=O)C1=C(C)N(Cc2ccco2)C(=O)C1=Cc1ccc(O)cc1. The number of hydrogen-bond acceptors (Lipinski definition) is 5. The normalized spacial score (nSPS) is 16.0. The number of aromatic hydroxyl groups is 1. The lowest BCUT2D eigenvalue weighted by Crippen LogP contribution is -2.24. The van der Waals surface area contributed by atoms with Gasteiger partial charge in [-0.25, -0.2) is 4.79 Å². The lowest BCUT2D eigenvalue weighted by molar-refractivity contribution is -0.136. The van der Waals surface area contributed by atoms with E-state index >= 15 is 0 Å². The van der Waals surface area contributed by atoms with Crippen LogP contribution < -0.4 is 0 Å². The van der Waals surface area contributed by atoms with E-state index in [4.69, 9.17) is 9.15 Å². The summed E-state index contributed by atoms with van der Waals surface area (Å²) in [4.78, 5) is 26.6. The summed E-state index contributed by atoms with van der Waals surface area (Å²) in [5, 5.41) is 9.39. The number of nitrogens with zero attached hydrogens (tertiary/aromatic N) is 1. The summed E-state index contributed by atoms with van der Waals surface area (Å²) in [6.07, 6.45) is 3.14. The molecule has 0 radical (unpaired) electrons. The number of phenols is 1. The number of rotatable bonds is 4. The van der Waals surface area contributed by atoms with Gasteiger partial charge in [0.2, 0.25) is 0 Å². The quantitative estimate of drug-likeness (QED) is 0.684. The molecular formula is C19H17NO5. The number of esters is 1. The lowest BCUT2D eigenvalue weighted by atomic mass is 10.0. The maximum atomic E-state index is 12.9. The maximum Gasteiger partial charge on any atom is 0.340 e. The Morgan fingerprint density at radius 2 is 2.00 bits per heavy atom. The lowest BCUT2D eigenvalue weighted by Gasteiger charge is -2.16. The van der Waals surface area contributed by atoms with Crippen LogP contribution in [-0.4, -0.2) is 29.0 Å². The first kappa shape index (κ1) is 16.6. The molecule has 1 aliphatic heterocycles. The molecule has 0 atom stereocenters. The summed E-state index contributed by atoms with van der Waals surface area (Å²) in [6.45, 7) is 1.93. The van der Waals surface area contributed by atoms with Gasteiger partial charge in [0.05, 0.1) is 31.1 Å². The molecule has 1 aromatic heterocycles. The molecule has 0 aliphatic carbocycles. The Kier molecular flexibility index (Phi) is 4.43. The second-order valence-corrected chi connectivity index (χ2v) is 5.57. The van der Waals surface area contributed by atoms with E-state index < -0.39 is 5.97 Å².